The number of carbonyl (C=O) groups excluding carboxylic acids is 1. The zero-order chi connectivity index (χ0) is 20.2. The maximum atomic E-state index is 14.1. The third-order valence-electron chi connectivity index (χ3n) is 5.54. The van der Waals surface area contributed by atoms with Gasteiger partial charge < -0.3 is 10.2 Å². The van der Waals surface area contributed by atoms with Gasteiger partial charge in [0.2, 0.25) is 0 Å². The minimum atomic E-state index is -1.21. The Morgan fingerprint density at radius 2 is 2.25 bits per heavy atom. The number of carbonyl (C=O) groups is 1. The van der Waals surface area contributed by atoms with Crippen molar-refractivity contribution in [1.29, 1.82) is 0 Å². The number of aromatic nitrogens is 4. The maximum Gasteiger partial charge on any atom is 0.256 e. The summed E-state index contributed by atoms with van der Waals surface area (Å²) in [5.74, 6) is -0.0346. The van der Waals surface area contributed by atoms with Gasteiger partial charge in [0.1, 0.15) is 17.2 Å². The molecule has 3 aromatic rings. The molecule has 1 N–H and O–H groups in total. The topological polar surface area (TPSA) is 75.4 Å². The third-order valence-corrected chi connectivity index (χ3v) is 5.54. The second-order valence-electron chi connectivity index (χ2n) is 7.39. The van der Waals surface area contributed by atoms with Crippen molar-refractivity contribution in [3.63, 3.8) is 0 Å². The predicted molar refractivity (Wildman–Crippen MR) is 102 cm³/mol. The Morgan fingerprint density at radius 3 is 3.14 bits per heavy atom. The first-order valence-electron chi connectivity index (χ1n) is 9.99. The van der Waals surface area contributed by atoms with Crippen LogP contribution in [0.3, 0.4) is 0 Å². The lowest BCUT2D eigenvalue weighted by Crippen LogP contribution is -2.33. The molecule has 1 amide bonds. The fourth-order valence-corrected chi connectivity index (χ4v) is 4.15. The van der Waals surface area contributed by atoms with E-state index in [-0.39, 0.29) is 17.8 Å². The first kappa shape index (κ1) is 16.0. The van der Waals surface area contributed by atoms with Crippen LogP contribution in [0.1, 0.15) is 55.2 Å². The first-order valence-corrected chi connectivity index (χ1v) is 9.49. The molecule has 1 saturated heterocycles. The van der Waals surface area contributed by atoms with Gasteiger partial charge in [-0.25, -0.2) is 13.9 Å². The molecule has 28 heavy (non-hydrogen) atoms. The summed E-state index contributed by atoms with van der Waals surface area (Å²) in [7, 11) is 0. The second-order valence-corrected chi connectivity index (χ2v) is 7.39. The molecule has 7 nitrogen and oxygen atoms in total. The van der Waals surface area contributed by atoms with Crippen LogP contribution in [0.15, 0.2) is 30.7 Å². The quantitative estimate of drug-likeness (QED) is 0.648. The van der Waals surface area contributed by atoms with Gasteiger partial charge in [0.15, 0.2) is 5.65 Å². The summed E-state index contributed by atoms with van der Waals surface area (Å²) in [5, 5.41) is 6.98. The van der Waals surface area contributed by atoms with Crippen molar-refractivity contribution < 1.29 is 10.6 Å². The Morgan fingerprint density at radius 1 is 1.36 bits per heavy atom. The smallest absolute Gasteiger partial charge is 0.256 e. The monoisotopic (exact) mass is 381 g/mol. The molecule has 3 aromatic heterocycles. The van der Waals surface area contributed by atoms with E-state index >= 15 is 0 Å². The number of halogens is 1. The van der Waals surface area contributed by atoms with Crippen LogP contribution in [0.5, 0.6) is 0 Å². The van der Waals surface area contributed by atoms with Gasteiger partial charge in [-0.2, -0.15) is 5.10 Å². The summed E-state index contributed by atoms with van der Waals surface area (Å²) in [5.41, 5.74) is 2.37. The highest BCUT2D eigenvalue weighted by Crippen LogP contribution is 2.37. The molecule has 0 radical (unpaired) electrons. The van der Waals surface area contributed by atoms with Crippen molar-refractivity contribution in [2.24, 2.45) is 0 Å². The number of anilines is 1. The molecule has 0 saturated carbocycles. The van der Waals surface area contributed by atoms with E-state index in [1.165, 1.54) is 12.4 Å². The zero-order valence-electron chi connectivity index (χ0n) is 16.5. The molecule has 1 fully saturated rings. The molecule has 8 heteroatoms. The van der Waals surface area contributed by atoms with E-state index in [9.17, 15) is 9.18 Å². The standard InChI is InChI=1S/C20H21FN6O/c1-12-4-5-16-14(9-13(21)10-22-16)17-3-2-7-26(17)18-6-8-27-19(25-18)15(11-23-27)20(28)24-12/h6,8-12,17H,2-5,7H2,1H3,(H,24,28)/t12-,17+/m1/s1/i12D. The molecule has 5 rings (SSSR count). The number of fused-ring (bicyclic) bond motifs is 5. The normalized spacial score (nSPS) is 25.4. The lowest BCUT2D eigenvalue weighted by Gasteiger charge is -2.27. The van der Waals surface area contributed by atoms with Gasteiger partial charge in [0, 0.05) is 24.5 Å². The Kier molecular flexibility index (Phi) is 3.73. The molecule has 5 heterocycles. The number of hydrogen-bond donors (Lipinski definition) is 1. The predicted octanol–water partition coefficient (Wildman–Crippen LogP) is 2.67. The van der Waals surface area contributed by atoms with E-state index < -0.39 is 6.02 Å². The Labute approximate surface area is 163 Å². The number of nitrogens with zero attached hydrogens (tertiary/aromatic N) is 5. The van der Waals surface area contributed by atoms with E-state index in [1.54, 1.807) is 23.7 Å². The van der Waals surface area contributed by atoms with Gasteiger partial charge in [0.25, 0.3) is 5.91 Å². The van der Waals surface area contributed by atoms with Crippen LogP contribution >= 0.6 is 0 Å². The van der Waals surface area contributed by atoms with Gasteiger partial charge >= 0.3 is 0 Å². The zero-order valence-corrected chi connectivity index (χ0v) is 15.5. The number of hydrogen-bond acceptors (Lipinski definition) is 5. The number of aryl methyl sites for hydroxylation is 1. The van der Waals surface area contributed by atoms with Crippen LogP contribution < -0.4 is 10.2 Å². The number of nitrogens with one attached hydrogen (secondary N) is 1. The van der Waals surface area contributed by atoms with Gasteiger partial charge in [-0.1, -0.05) is 0 Å². The summed E-state index contributed by atoms with van der Waals surface area (Å²) in [6.45, 7) is 2.44. The minimum Gasteiger partial charge on any atom is -0.349 e. The average Bonchev–Trinajstić information content (AvgIpc) is 3.32. The fraction of sp³-hybridized carbons (Fsp3) is 0.400. The van der Waals surface area contributed by atoms with Crippen molar-refractivity contribution in [1.82, 2.24) is 24.9 Å². The van der Waals surface area contributed by atoms with Crippen molar-refractivity contribution in [3.8, 4) is 0 Å². The Hall–Kier alpha value is -3.03. The molecular weight excluding hydrogens is 359 g/mol. The molecule has 0 aromatic carbocycles. The van der Waals surface area contributed by atoms with Crippen LogP contribution in [0.25, 0.3) is 5.65 Å². The molecule has 0 unspecified atom stereocenters. The molecule has 0 spiro atoms. The van der Waals surface area contributed by atoms with Crippen LogP contribution in [0.2, 0.25) is 0 Å². The highest BCUT2D eigenvalue weighted by Gasteiger charge is 2.31. The number of pyridine rings is 1. The SMILES string of the molecule is [2H][C@@]1(C)CCc2ncc(F)cc2[C@@H]2CCCN2c2ccn3ncc(c3n2)C(=O)N1. The molecule has 2 aliphatic rings. The van der Waals surface area contributed by atoms with Crippen LogP contribution in [-0.2, 0) is 6.42 Å². The summed E-state index contributed by atoms with van der Waals surface area (Å²) in [4.78, 5) is 24.0. The summed E-state index contributed by atoms with van der Waals surface area (Å²) < 4.78 is 24.2. The number of rotatable bonds is 0. The second kappa shape index (κ2) is 6.54. The molecule has 2 atom stereocenters. The maximum absolute atomic E-state index is 14.1. The largest absolute Gasteiger partial charge is 0.349 e. The van der Waals surface area contributed by atoms with Gasteiger partial charge in [-0.05, 0) is 50.3 Å². The first-order chi connectivity index (χ1) is 13.9. The van der Waals surface area contributed by atoms with Crippen LogP contribution in [0, 0.1) is 5.82 Å². The van der Waals surface area contributed by atoms with Crippen molar-refractivity contribution >= 4 is 17.4 Å². The number of amides is 1. The van der Waals surface area contributed by atoms with Crippen molar-refractivity contribution in [3.05, 3.63) is 53.4 Å². The van der Waals surface area contributed by atoms with E-state index in [4.69, 9.17) is 6.35 Å². The molecule has 2 bridgehead atoms. The molecule has 2 aliphatic heterocycles. The van der Waals surface area contributed by atoms with Crippen molar-refractivity contribution in [2.45, 2.75) is 44.7 Å². The lowest BCUT2D eigenvalue weighted by molar-refractivity contribution is 0.0940. The van der Waals surface area contributed by atoms with E-state index in [2.05, 4.69) is 20.3 Å². The van der Waals surface area contributed by atoms with Crippen LogP contribution in [-0.4, -0.2) is 38.1 Å². The minimum absolute atomic E-state index is 0.0454. The lowest BCUT2D eigenvalue weighted by atomic mass is 9.98. The summed E-state index contributed by atoms with van der Waals surface area (Å²) in [6, 6.07) is 2.16. The van der Waals surface area contributed by atoms with E-state index in [0.717, 1.165) is 36.5 Å². The van der Waals surface area contributed by atoms with E-state index in [1.807, 2.05) is 6.07 Å². The summed E-state index contributed by atoms with van der Waals surface area (Å²) in [6.07, 6.45) is 7.11. The average molecular weight is 381 g/mol. The Bertz CT molecular complexity index is 1110. The highest BCUT2D eigenvalue weighted by atomic mass is 19.1. The molecule has 0 aliphatic carbocycles. The highest BCUT2D eigenvalue weighted by molar-refractivity contribution is 5.99. The van der Waals surface area contributed by atoms with Crippen molar-refractivity contribution in [2.75, 3.05) is 11.4 Å². The fourth-order valence-electron chi connectivity index (χ4n) is 4.15. The van der Waals surface area contributed by atoms with Gasteiger partial charge in [0.05, 0.1) is 19.8 Å². The van der Waals surface area contributed by atoms with E-state index in [0.29, 0.717) is 24.1 Å². The van der Waals surface area contributed by atoms with Crippen LogP contribution in [0.4, 0.5) is 10.2 Å². The third kappa shape index (κ3) is 2.80. The summed E-state index contributed by atoms with van der Waals surface area (Å²) >= 11 is 0. The molecular formula is C20H21FN6O. The van der Waals surface area contributed by atoms with Gasteiger partial charge in [-0.3, -0.25) is 9.78 Å². The Balaban J connectivity index is 1.70. The molecule has 144 valence electrons. The van der Waals surface area contributed by atoms with Gasteiger partial charge in [-0.15, -0.1) is 0 Å².